The molecule has 4 N–H and O–H groups in total. The lowest BCUT2D eigenvalue weighted by molar-refractivity contribution is -0.384. The lowest BCUT2D eigenvalue weighted by atomic mass is 10.2. The summed E-state index contributed by atoms with van der Waals surface area (Å²) in [6, 6.07) is 4.92. The minimum absolute atomic E-state index is 0.121. The summed E-state index contributed by atoms with van der Waals surface area (Å²) in [5.41, 5.74) is 4.73. The third-order valence-corrected chi connectivity index (χ3v) is 2.46. The Labute approximate surface area is 111 Å². The summed E-state index contributed by atoms with van der Waals surface area (Å²) in [6.45, 7) is 0. The number of nitro groups is 1. The van der Waals surface area contributed by atoms with Gasteiger partial charge >= 0.3 is 0 Å². The van der Waals surface area contributed by atoms with Gasteiger partial charge in [-0.15, -0.1) is 0 Å². The molecule has 1 amide bonds. The second-order valence-corrected chi connectivity index (χ2v) is 3.75. The number of nitrogens with two attached hydrogens (primary N) is 1. The number of anilines is 2. The van der Waals surface area contributed by atoms with Gasteiger partial charge in [0.2, 0.25) is 0 Å². The van der Waals surface area contributed by atoms with E-state index >= 15 is 0 Å². The van der Waals surface area contributed by atoms with Gasteiger partial charge in [-0.25, -0.2) is 4.98 Å². The second kappa shape index (κ2) is 5.18. The number of nitro benzene ring substituents is 1. The van der Waals surface area contributed by atoms with Crippen LogP contribution >= 0.6 is 0 Å². The first kappa shape index (κ1) is 13.2. The van der Waals surface area contributed by atoms with E-state index in [9.17, 15) is 19.7 Å². The number of nitrogen functional groups attached to an aromatic ring is 1. The second-order valence-electron chi connectivity index (χ2n) is 3.75. The summed E-state index contributed by atoms with van der Waals surface area (Å²) < 4.78 is 0. The molecule has 0 fully saturated rings. The molecule has 0 atom stereocenters. The van der Waals surface area contributed by atoms with E-state index in [1.54, 1.807) is 0 Å². The zero-order valence-corrected chi connectivity index (χ0v) is 9.99. The topological polar surface area (TPSA) is 144 Å². The molecule has 0 spiro atoms. The minimum Gasteiger partial charge on any atom is -0.382 e. The van der Waals surface area contributed by atoms with E-state index < -0.39 is 16.4 Å². The number of non-ortho nitro benzene ring substituents is 1. The van der Waals surface area contributed by atoms with Crippen molar-refractivity contribution in [3.05, 3.63) is 56.6 Å². The van der Waals surface area contributed by atoms with Gasteiger partial charge in [-0.2, -0.15) is 0 Å². The molecule has 9 nitrogen and oxygen atoms in total. The van der Waals surface area contributed by atoms with E-state index in [0.29, 0.717) is 0 Å². The number of rotatable bonds is 3. The Morgan fingerprint density at radius 1 is 1.35 bits per heavy atom. The van der Waals surface area contributed by atoms with Gasteiger partial charge in [0.05, 0.1) is 11.3 Å². The molecule has 1 heterocycles. The van der Waals surface area contributed by atoms with Crippen molar-refractivity contribution in [2.24, 2.45) is 0 Å². The summed E-state index contributed by atoms with van der Waals surface area (Å²) in [5, 5.41) is 12.8. The van der Waals surface area contributed by atoms with Crippen LogP contribution in [0.3, 0.4) is 0 Å². The van der Waals surface area contributed by atoms with Crippen LogP contribution in [0.25, 0.3) is 0 Å². The number of nitrogens with zero attached hydrogens (tertiary/aromatic N) is 2. The average Bonchev–Trinajstić information content (AvgIpc) is 2.43. The number of aromatic amines is 1. The van der Waals surface area contributed by atoms with Crippen molar-refractivity contribution in [1.29, 1.82) is 0 Å². The molecule has 0 aliphatic carbocycles. The predicted octanol–water partition coefficient (Wildman–Crippen LogP) is 0.513. The molecule has 0 radical (unpaired) electrons. The maximum Gasteiger partial charge on any atom is 0.276 e. The van der Waals surface area contributed by atoms with Crippen molar-refractivity contribution >= 4 is 23.1 Å². The SMILES string of the molecule is Nc1nc[nH]c(=O)c1NC(=O)c1ccc([N+](=O)[O-])cc1. The number of nitrogens with one attached hydrogen (secondary N) is 2. The molecular weight excluding hydrogens is 266 g/mol. The molecule has 9 heteroatoms. The van der Waals surface area contributed by atoms with Gasteiger partial charge in [-0.1, -0.05) is 0 Å². The van der Waals surface area contributed by atoms with E-state index in [2.05, 4.69) is 15.3 Å². The first-order valence-corrected chi connectivity index (χ1v) is 5.38. The summed E-state index contributed by atoms with van der Waals surface area (Å²) >= 11 is 0. The van der Waals surface area contributed by atoms with Crippen LogP contribution in [0.1, 0.15) is 10.4 Å². The fourth-order valence-electron chi connectivity index (χ4n) is 1.45. The van der Waals surface area contributed by atoms with Gasteiger partial charge in [0, 0.05) is 17.7 Å². The van der Waals surface area contributed by atoms with Crippen LogP contribution in [0.4, 0.5) is 17.2 Å². The lowest BCUT2D eigenvalue weighted by Gasteiger charge is -2.05. The summed E-state index contributed by atoms with van der Waals surface area (Å²) in [4.78, 5) is 39.2. The molecule has 1 aromatic carbocycles. The average molecular weight is 275 g/mol. The van der Waals surface area contributed by atoms with Crippen LogP contribution in [-0.2, 0) is 0 Å². The van der Waals surface area contributed by atoms with E-state index in [1.807, 2.05) is 0 Å². The zero-order chi connectivity index (χ0) is 14.7. The Bertz CT molecular complexity index is 722. The fraction of sp³-hybridized carbons (Fsp3) is 0. The number of hydrogen-bond acceptors (Lipinski definition) is 6. The number of carbonyl (C=O) groups is 1. The van der Waals surface area contributed by atoms with E-state index in [-0.39, 0.29) is 22.8 Å². The Hall–Kier alpha value is -3.23. The predicted molar refractivity (Wildman–Crippen MR) is 70.3 cm³/mol. The number of amides is 1. The molecule has 0 unspecified atom stereocenters. The minimum atomic E-state index is -0.620. The third kappa shape index (κ3) is 2.61. The molecule has 2 aromatic rings. The maximum absolute atomic E-state index is 11.9. The normalized spacial score (nSPS) is 10.0. The third-order valence-electron chi connectivity index (χ3n) is 2.46. The molecule has 0 aliphatic rings. The van der Waals surface area contributed by atoms with Crippen molar-refractivity contribution in [2.75, 3.05) is 11.1 Å². The highest BCUT2D eigenvalue weighted by Gasteiger charge is 2.13. The summed E-state index contributed by atoms with van der Waals surface area (Å²) in [6.07, 6.45) is 1.11. The molecule has 2 rings (SSSR count). The standard InChI is InChI=1S/C11H9N5O4/c12-9-8(11(18)14-5-13-9)15-10(17)6-1-3-7(4-2-6)16(19)20/h1-5H,(H,15,17)(H3,12,13,14,18). The Balaban J connectivity index is 2.24. The molecule has 102 valence electrons. The number of aromatic nitrogens is 2. The number of H-pyrrole nitrogens is 1. The Morgan fingerprint density at radius 2 is 2.00 bits per heavy atom. The molecule has 0 aliphatic heterocycles. The fourth-order valence-corrected chi connectivity index (χ4v) is 1.45. The van der Waals surface area contributed by atoms with Crippen LogP contribution in [0.2, 0.25) is 0 Å². The van der Waals surface area contributed by atoms with Crippen LogP contribution in [0.15, 0.2) is 35.4 Å². The van der Waals surface area contributed by atoms with Crippen molar-refractivity contribution in [1.82, 2.24) is 9.97 Å². The molecular formula is C11H9N5O4. The van der Waals surface area contributed by atoms with Crippen LogP contribution < -0.4 is 16.6 Å². The van der Waals surface area contributed by atoms with Crippen LogP contribution in [0.5, 0.6) is 0 Å². The first-order valence-electron chi connectivity index (χ1n) is 5.38. The van der Waals surface area contributed by atoms with Crippen LogP contribution in [-0.4, -0.2) is 20.8 Å². The van der Waals surface area contributed by atoms with Crippen molar-refractivity contribution in [2.45, 2.75) is 0 Å². The van der Waals surface area contributed by atoms with Gasteiger partial charge in [-0.3, -0.25) is 19.7 Å². The van der Waals surface area contributed by atoms with Gasteiger partial charge in [0.25, 0.3) is 17.2 Å². The summed E-state index contributed by atoms with van der Waals surface area (Å²) in [5.74, 6) is -0.742. The molecule has 20 heavy (non-hydrogen) atoms. The van der Waals surface area contributed by atoms with Gasteiger partial charge in [-0.05, 0) is 12.1 Å². The van der Waals surface area contributed by atoms with Gasteiger partial charge in [0.15, 0.2) is 5.82 Å². The monoisotopic (exact) mass is 275 g/mol. The maximum atomic E-state index is 11.9. The zero-order valence-electron chi connectivity index (χ0n) is 9.99. The molecule has 0 saturated heterocycles. The van der Waals surface area contributed by atoms with Crippen molar-refractivity contribution in [3.8, 4) is 0 Å². The van der Waals surface area contributed by atoms with E-state index in [0.717, 1.165) is 6.33 Å². The van der Waals surface area contributed by atoms with Crippen molar-refractivity contribution < 1.29 is 9.72 Å². The first-order chi connectivity index (χ1) is 9.49. The highest BCUT2D eigenvalue weighted by atomic mass is 16.6. The number of benzene rings is 1. The Kier molecular flexibility index (Phi) is 3.42. The highest BCUT2D eigenvalue weighted by molar-refractivity contribution is 6.05. The quantitative estimate of drug-likeness (QED) is 0.549. The molecule has 1 aromatic heterocycles. The summed E-state index contributed by atoms with van der Waals surface area (Å²) in [7, 11) is 0. The number of carbonyl (C=O) groups excluding carboxylic acids is 1. The Morgan fingerprint density at radius 3 is 2.55 bits per heavy atom. The number of hydrogen-bond donors (Lipinski definition) is 3. The molecule has 0 saturated carbocycles. The highest BCUT2D eigenvalue weighted by Crippen LogP contribution is 2.14. The largest absolute Gasteiger partial charge is 0.382 e. The lowest BCUT2D eigenvalue weighted by Crippen LogP contribution is -2.22. The van der Waals surface area contributed by atoms with Gasteiger partial charge in [0.1, 0.15) is 5.69 Å². The van der Waals surface area contributed by atoms with Gasteiger partial charge < -0.3 is 16.0 Å². The van der Waals surface area contributed by atoms with E-state index in [1.165, 1.54) is 24.3 Å². The van der Waals surface area contributed by atoms with Crippen molar-refractivity contribution in [3.63, 3.8) is 0 Å². The van der Waals surface area contributed by atoms with Crippen LogP contribution in [0, 0.1) is 10.1 Å². The van der Waals surface area contributed by atoms with E-state index in [4.69, 9.17) is 5.73 Å². The smallest absolute Gasteiger partial charge is 0.276 e. The molecule has 0 bridgehead atoms.